The number of hydrogen-bond acceptors (Lipinski definition) is 3. The van der Waals surface area contributed by atoms with E-state index >= 15 is 0 Å². The molecule has 0 aromatic heterocycles. The molecule has 3 heteroatoms. The topological polar surface area (TPSA) is 49.5 Å². The first kappa shape index (κ1) is 11.0. The Morgan fingerprint density at radius 1 is 1.31 bits per heavy atom. The summed E-state index contributed by atoms with van der Waals surface area (Å²) in [5.41, 5.74) is 6.02. The van der Waals surface area contributed by atoms with Crippen molar-refractivity contribution in [3.63, 3.8) is 0 Å². The van der Waals surface area contributed by atoms with Crippen LogP contribution in [-0.2, 0) is 0 Å². The lowest BCUT2D eigenvalue weighted by molar-refractivity contribution is -0.0160. The Kier molecular flexibility index (Phi) is 3.00. The monoisotopic (exact) mass is 186 g/mol. The van der Waals surface area contributed by atoms with Crippen LogP contribution < -0.4 is 5.73 Å². The van der Waals surface area contributed by atoms with E-state index in [0.29, 0.717) is 0 Å². The number of aliphatic hydroxyl groups excluding tert-OH is 1. The summed E-state index contributed by atoms with van der Waals surface area (Å²) in [6, 6.07) is -0.0945. The van der Waals surface area contributed by atoms with E-state index in [-0.39, 0.29) is 23.6 Å². The van der Waals surface area contributed by atoms with Gasteiger partial charge in [0.25, 0.3) is 0 Å². The largest absolute Gasteiger partial charge is 0.391 e. The van der Waals surface area contributed by atoms with Crippen molar-refractivity contribution in [3.05, 3.63) is 0 Å². The maximum atomic E-state index is 9.68. The average molecular weight is 186 g/mol. The van der Waals surface area contributed by atoms with Crippen LogP contribution in [0.5, 0.6) is 0 Å². The van der Waals surface area contributed by atoms with Gasteiger partial charge >= 0.3 is 0 Å². The van der Waals surface area contributed by atoms with Crippen molar-refractivity contribution in [1.82, 2.24) is 4.90 Å². The molecule has 1 fully saturated rings. The van der Waals surface area contributed by atoms with Crippen LogP contribution in [0.15, 0.2) is 0 Å². The van der Waals surface area contributed by atoms with Gasteiger partial charge in [-0.25, -0.2) is 0 Å². The third-order valence-corrected chi connectivity index (χ3v) is 2.91. The molecule has 0 radical (unpaired) electrons. The van der Waals surface area contributed by atoms with Gasteiger partial charge in [0.15, 0.2) is 0 Å². The Labute approximate surface area is 80.9 Å². The maximum absolute atomic E-state index is 9.68. The zero-order valence-corrected chi connectivity index (χ0v) is 9.12. The summed E-state index contributed by atoms with van der Waals surface area (Å²) in [5, 5.41) is 9.68. The van der Waals surface area contributed by atoms with E-state index in [4.69, 9.17) is 5.73 Å². The van der Waals surface area contributed by atoms with Gasteiger partial charge in [-0.1, -0.05) is 6.92 Å². The number of hydrogen-bond donors (Lipinski definition) is 2. The molecule has 3 atom stereocenters. The molecule has 0 saturated carbocycles. The van der Waals surface area contributed by atoms with Crippen molar-refractivity contribution in [2.45, 2.75) is 45.4 Å². The van der Waals surface area contributed by atoms with Crippen molar-refractivity contribution in [2.24, 2.45) is 11.7 Å². The number of rotatable bonds is 0. The Hall–Kier alpha value is -0.120. The maximum Gasteiger partial charge on any atom is 0.0741 e. The summed E-state index contributed by atoms with van der Waals surface area (Å²) in [6.07, 6.45) is -0.335. The van der Waals surface area contributed by atoms with E-state index in [1.807, 2.05) is 0 Å². The number of nitrogens with two attached hydrogens (primary N) is 1. The van der Waals surface area contributed by atoms with E-state index < -0.39 is 0 Å². The first-order chi connectivity index (χ1) is 5.82. The molecule has 3 nitrogen and oxygen atoms in total. The standard InChI is InChI=1S/C10H22N2O/c1-7-5-12(10(2,3)4)6-8(11)9(7)13/h7-9,13H,5-6,11H2,1-4H3. The normalized spacial score (nSPS) is 37.8. The lowest BCUT2D eigenvalue weighted by atomic mass is 9.89. The van der Waals surface area contributed by atoms with Gasteiger partial charge in [0.05, 0.1) is 6.10 Å². The van der Waals surface area contributed by atoms with Gasteiger partial charge in [-0.05, 0) is 26.7 Å². The van der Waals surface area contributed by atoms with Crippen LogP contribution in [0.4, 0.5) is 0 Å². The summed E-state index contributed by atoms with van der Waals surface area (Å²) in [5.74, 6) is 0.281. The second kappa shape index (κ2) is 3.56. The number of aliphatic hydroxyl groups is 1. The molecule has 0 aliphatic carbocycles. The lowest BCUT2D eigenvalue weighted by Crippen LogP contribution is -2.60. The highest BCUT2D eigenvalue weighted by Crippen LogP contribution is 2.23. The number of nitrogens with zero attached hydrogens (tertiary/aromatic N) is 1. The molecule has 1 aliphatic heterocycles. The summed E-state index contributed by atoms with van der Waals surface area (Å²) in [4.78, 5) is 2.34. The summed E-state index contributed by atoms with van der Waals surface area (Å²) < 4.78 is 0. The fourth-order valence-corrected chi connectivity index (χ4v) is 1.86. The van der Waals surface area contributed by atoms with Crippen molar-refractivity contribution < 1.29 is 5.11 Å². The van der Waals surface area contributed by atoms with E-state index in [2.05, 4.69) is 32.6 Å². The highest BCUT2D eigenvalue weighted by atomic mass is 16.3. The molecule has 0 amide bonds. The minimum absolute atomic E-state index is 0.0945. The van der Waals surface area contributed by atoms with Crippen LogP contribution in [0.1, 0.15) is 27.7 Å². The molecular formula is C10H22N2O. The van der Waals surface area contributed by atoms with E-state index in [9.17, 15) is 5.11 Å². The molecule has 0 bridgehead atoms. The van der Waals surface area contributed by atoms with Crippen LogP contribution in [-0.4, -0.2) is 40.8 Å². The second-order valence-electron chi connectivity index (χ2n) is 5.21. The minimum Gasteiger partial charge on any atom is -0.391 e. The third-order valence-electron chi connectivity index (χ3n) is 2.91. The van der Waals surface area contributed by atoms with Crippen molar-refractivity contribution >= 4 is 0 Å². The number of likely N-dealkylation sites (tertiary alicyclic amines) is 1. The Morgan fingerprint density at radius 2 is 1.85 bits per heavy atom. The van der Waals surface area contributed by atoms with Gasteiger partial charge < -0.3 is 10.8 Å². The summed E-state index contributed by atoms with van der Waals surface area (Å²) in [7, 11) is 0. The minimum atomic E-state index is -0.335. The molecule has 1 heterocycles. The second-order valence-corrected chi connectivity index (χ2v) is 5.21. The molecule has 3 unspecified atom stereocenters. The van der Waals surface area contributed by atoms with E-state index in [1.54, 1.807) is 0 Å². The highest BCUT2D eigenvalue weighted by molar-refractivity contribution is 4.91. The molecule has 13 heavy (non-hydrogen) atoms. The van der Waals surface area contributed by atoms with Gasteiger partial charge in [0.2, 0.25) is 0 Å². The Balaban J connectivity index is 2.64. The van der Waals surface area contributed by atoms with Gasteiger partial charge in [-0.15, -0.1) is 0 Å². The van der Waals surface area contributed by atoms with Crippen molar-refractivity contribution in [2.75, 3.05) is 13.1 Å². The fraction of sp³-hybridized carbons (Fsp3) is 1.00. The van der Waals surface area contributed by atoms with Gasteiger partial charge in [0, 0.05) is 24.7 Å². The molecule has 1 aliphatic rings. The summed E-state index contributed by atoms with van der Waals surface area (Å²) in [6.45, 7) is 10.4. The SMILES string of the molecule is CC1CN(C(C)(C)C)CC(N)C1O. The molecule has 78 valence electrons. The smallest absolute Gasteiger partial charge is 0.0741 e. The van der Waals surface area contributed by atoms with Crippen LogP contribution in [0.2, 0.25) is 0 Å². The summed E-state index contributed by atoms with van der Waals surface area (Å²) >= 11 is 0. The van der Waals surface area contributed by atoms with E-state index in [0.717, 1.165) is 13.1 Å². The average Bonchev–Trinajstić information content (AvgIpc) is 1.97. The predicted octanol–water partition coefficient (Wildman–Crippen LogP) is 0.425. The van der Waals surface area contributed by atoms with Crippen LogP contribution >= 0.6 is 0 Å². The quantitative estimate of drug-likeness (QED) is 0.576. The molecule has 1 rings (SSSR count). The molecule has 3 N–H and O–H groups in total. The Bertz CT molecular complexity index is 164. The van der Waals surface area contributed by atoms with Gasteiger partial charge in [0.1, 0.15) is 0 Å². The third kappa shape index (κ3) is 2.42. The van der Waals surface area contributed by atoms with Crippen LogP contribution in [0.3, 0.4) is 0 Å². The first-order valence-electron chi connectivity index (χ1n) is 5.01. The van der Waals surface area contributed by atoms with Crippen molar-refractivity contribution in [1.29, 1.82) is 0 Å². The van der Waals surface area contributed by atoms with Crippen LogP contribution in [0, 0.1) is 5.92 Å². The zero-order valence-electron chi connectivity index (χ0n) is 9.12. The molecule has 0 aromatic rings. The molecule has 1 saturated heterocycles. The van der Waals surface area contributed by atoms with Crippen molar-refractivity contribution in [3.8, 4) is 0 Å². The predicted molar refractivity (Wildman–Crippen MR) is 54.5 cm³/mol. The van der Waals surface area contributed by atoms with Crippen LogP contribution in [0.25, 0.3) is 0 Å². The Morgan fingerprint density at radius 3 is 2.23 bits per heavy atom. The molecule has 0 aromatic carbocycles. The first-order valence-corrected chi connectivity index (χ1v) is 5.01. The van der Waals surface area contributed by atoms with E-state index in [1.165, 1.54) is 0 Å². The van der Waals surface area contributed by atoms with Gasteiger partial charge in [-0.3, -0.25) is 4.90 Å². The lowest BCUT2D eigenvalue weighted by Gasteiger charge is -2.45. The molecule has 0 spiro atoms. The zero-order chi connectivity index (χ0) is 10.2. The number of piperidine rings is 1. The highest BCUT2D eigenvalue weighted by Gasteiger charge is 2.35. The fourth-order valence-electron chi connectivity index (χ4n) is 1.86. The molecular weight excluding hydrogens is 164 g/mol. The van der Waals surface area contributed by atoms with Gasteiger partial charge in [-0.2, -0.15) is 0 Å².